The molecule has 0 spiro atoms. The number of carbonyl (C=O) groups excluding carboxylic acids is 2. The molecule has 120 valence electrons. The van der Waals surface area contributed by atoms with Crippen LogP contribution in [0.3, 0.4) is 0 Å². The predicted octanol–water partition coefficient (Wildman–Crippen LogP) is 2.22. The standard InChI is InChI=1S/C16H23N3O3/c1-16(2,3)19-10-11(9-14(19)20)17-15(21)18-12-7-5-6-8-13(12)22-4/h5-8,11H,9-10H2,1-4H3,(H2,17,18,21). The minimum atomic E-state index is -0.335. The van der Waals surface area contributed by atoms with Crippen LogP contribution in [0.15, 0.2) is 24.3 Å². The Hall–Kier alpha value is -2.24. The van der Waals surface area contributed by atoms with Gasteiger partial charge >= 0.3 is 6.03 Å². The van der Waals surface area contributed by atoms with E-state index >= 15 is 0 Å². The third-order valence-corrected chi connectivity index (χ3v) is 3.63. The van der Waals surface area contributed by atoms with Gasteiger partial charge in [0.25, 0.3) is 0 Å². The first-order chi connectivity index (χ1) is 10.3. The third kappa shape index (κ3) is 3.69. The van der Waals surface area contributed by atoms with E-state index in [2.05, 4.69) is 10.6 Å². The fourth-order valence-corrected chi connectivity index (χ4v) is 2.54. The van der Waals surface area contributed by atoms with E-state index in [1.54, 1.807) is 24.1 Å². The van der Waals surface area contributed by atoms with Crippen LogP contribution in [0.1, 0.15) is 27.2 Å². The van der Waals surface area contributed by atoms with Crippen LogP contribution in [0.2, 0.25) is 0 Å². The van der Waals surface area contributed by atoms with Gasteiger partial charge in [0, 0.05) is 18.5 Å². The van der Waals surface area contributed by atoms with Crippen molar-refractivity contribution in [3.05, 3.63) is 24.3 Å². The Bertz CT molecular complexity index is 566. The normalized spacial score (nSPS) is 18.3. The molecular weight excluding hydrogens is 282 g/mol. The summed E-state index contributed by atoms with van der Waals surface area (Å²) >= 11 is 0. The maximum atomic E-state index is 12.1. The molecule has 1 heterocycles. The van der Waals surface area contributed by atoms with Crippen molar-refractivity contribution >= 4 is 17.6 Å². The second-order valence-electron chi connectivity index (χ2n) is 6.37. The van der Waals surface area contributed by atoms with Gasteiger partial charge in [-0.15, -0.1) is 0 Å². The molecule has 1 atom stereocenters. The number of likely N-dealkylation sites (tertiary alicyclic amines) is 1. The van der Waals surface area contributed by atoms with E-state index in [1.165, 1.54) is 0 Å². The fourth-order valence-electron chi connectivity index (χ4n) is 2.54. The molecule has 0 radical (unpaired) electrons. The van der Waals surface area contributed by atoms with Crippen LogP contribution >= 0.6 is 0 Å². The summed E-state index contributed by atoms with van der Waals surface area (Å²) in [4.78, 5) is 25.9. The number of urea groups is 1. The average molecular weight is 305 g/mol. The van der Waals surface area contributed by atoms with Gasteiger partial charge in [0.15, 0.2) is 0 Å². The summed E-state index contributed by atoms with van der Waals surface area (Å²) in [5.41, 5.74) is 0.367. The number of benzene rings is 1. The van der Waals surface area contributed by atoms with Gasteiger partial charge in [0.1, 0.15) is 5.75 Å². The summed E-state index contributed by atoms with van der Waals surface area (Å²) in [5.74, 6) is 0.659. The molecule has 1 aromatic carbocycles. The first-order valence-corrected chi connectivity index (χ1v) is 7.32. The van der Waals surface area contributed by atoms with E-state index in [0.29, 0.717) is 24.4 Å². The lowest BCUT2D eigenvalue weighted by molar-refractivity contribution is -0.131. The van der Waals surface area contributed by atoms with Crippen LogP contribution in [0.25, 0.3) is 0 Å². The fraction of sp³-hybridized carbons (Fsp3) is 0.500. The molecule has 0 aromatic heterocycles. The minimum Gasteiger partial charge on any atom is -0.495 e. The van der Waals surface area contributed by atoms with Gasteiger partial charge in [-0.3, -0.25) is 4.79 Å². The summed E-state index contributed by atoms with van der Waals surface area (Å²) in [6, 6.07) is 6.67. The largest absolute Gasteiger partial charge is 0.495 e. The highest BCUT2D eigenvalue weighted by Crippen LogP contribution is 2.24. The van der Waals surface area contributed by atoms with E-state index in [4.69, 9.17) is 4.74 Å². The molecule has 2 N–H and O–H groups in total. The van der Waals surface area contributed by atoms with Gasteiger partial charge < -0.3 is 20.3 Å². The maximum Gasteiger partial charge on any atom is 0.319 e. The molecule has 1 unspecified atom stereocenters. The Morgan fingerprint density at radius 1 is 1.32 bits per heavy atom. The summed E-state index contributed by atoms with van der Waals surface area (Å²) in [6.07, 6.45) is 0.330. The Morgan fingerprint density at radius 3 is 2.59 bits per heavy atom. The zero-order chi connectivity index (χ0) is 16.3. The smallest absolute Gasteiger partial charge is 0.319 e. The monoisotopic (exact) mass is 305 g/mol. The van der Waals surface area contributed by atoms with E-state index in [0.717, 1.165) is 0 Å². The number of nitrogens with zero attached hydrogens (tertiary/aromatic N) is 1. The predicted molar refractivity (Wildman–Crippen MR) is 85.0 cm³/mol. The number of carbonyl (C=O) groups is 2. The summed E-state index contributed by atoms with van der Waals surface area (Å²) < 4.78 is 5.19. The molecule has 22 heavy (non-hydrogen) atoms. The molecule has 1 fully saturated rings. The van der Waals surface area contributed by atoms with Crippen LogP contribution < -0.4 is 15.4 Å². The van der Waals surface area contributed by atoms with Crippen LogP contribution in [-0.4, -0.2) is 42.1 Å². The van der Waals surface area contributed by atoms with Gasteiger partial charge in [-0.2, -0.15) is 0 Å². The number of nitrogens with one attached hydrogen (secondary N) is 2. The molecule has 3 amide bonds. The molecule has 0 aliphatic carbocycles. The van der Waals surface area contributed by atoms with E-state index in [-0.39, 0.29) is 23.5 Å². The average Bonchev–Trinajstić information content (AvgIpc) is 2.80. The number of amides is 3. The van der Waals surface area contributed by atoms with Crippen molar-refractivity contribution in [2.45, 2.75) is 38.8 Å². The molecule has 0 saturated carbocycles. The second kappa shape index (κ2) is 6.25. The molecule has 1 aromatic rings. The number of ether oxygens (including phenoxy) is 1. The van der Waals surface area contributed by atoms with Gasteiger partial charge in [-0.1, -0.05) is 12.1 Å². The number of anilines is 1. The van der Waals surface area contributed by atoms with Crippen LogP contribution in [0.4, 0.5) is 10.5 Å². The lowest BCUT2D eigenvalue weighted by Gasteiger charge is -2.32. The summed E-state index contributed by atoms with van der Waals surface area (Å²) in [7, 11) is 1.55. The number of hydrogen-bond acceptors (Lipinski definition) is 3. The van der Waals surface area contributed by atoms with Crippen LogP contribution in [0, 0.1) is 0 Å². The number of hydrogen-bond donors (Lipinski definition) is 2. The van der Waals surface area contributed by atoms with Crippen molar-refractivity contribution in [3.8, 4) is 5.75 Å². The molecule has 2 rings (SSSR count). The zero-order valence-electron chi connectivity index (χ0n) is 13.5. The minimum absolute atomic E-state index is 0.0649. The number of methoxy groups -OCH3 is 1. The Morgan fingerprint density at radius 2 is 2.00 bits per heavy atom. The van der Waals surface area contributed by atoms with Crippen molar-refractivity contribution in [2.75, 3.05) is 19.0 Å². The molecule has 1 aliphatic rings. The highest BCUT2D eigenvalue weighted by Gasteiger charge is 2.36. The van der Waals surface area contributed by atoms with Crippen LogP contribution in [-0.2, 0) is 4.79 Å². The number of rotatable bonds is 3. The maximum absolute atomic E-state index is 12.1. The molecule has 0 bridgehead atoms. The quantitative estimate of drug-likeness (QED) is 0.899. The first kappa shape index (κ1) is 16.1. The van der Waals surface area contributed by atoms with Crippen molar-refractivity contribution in [3.63, 3.8) is 0 Å². The lowest BCUT2D eigenvalue weighted by Crippen LogP contribution is -2.45. The molecule has 1 aliphatic heterocycles. The Labute approximate surface area is 130 Å². The van der Waals surface area contributed by atoms with E-state index in [1.807, 2.05) is 32.9 Å². The Kier molecular flexibility index (Phi) is 4.59. The first-order valence-electron chi connectivity index (χ1n) is 7.32. The topological polar surface area (TPSA) is 70.7 Å². The van der Waals surface area contributed by atoms with Crippen molar-refractivity contribution in [1.29, 1.82) is 0 Å². The molecule has 6 heteroatoms. The molecule has 6 nitrogen and oxygen atoms in total. The summed E-state index contributed by atoms with van der Waals surface area (Å²) in [5, 5.41) is 5.59. The van der Waals surface area contributed by atoms with Gasteiger partial charge in [0.05, 0.1) is 18.8 Å². The zero-order valence-corrected chi connectivity index (χ0v) is 13.5. The molecular formula is C16H23N3O3. The lowest BCUT2D eigenvalue weighted by atomic mass is 10.1. The number of para-hydroxylation sites is 2. The van der Waals surface area contributed by atoms with E-state index in [9.17, 15) is 9.59 Å². The van der Waals surface area contributed by atoms with Gasteiger partial charge in [0.2, 0.25) is 5.91 Å². The van der Waals surface area contributed by atoms with Crippen molar-refractivity contribution in [1.82, 2.24) is 10.2 Å². The van der Waals surface area contributed by atoms with Gasteiger partial charge in [-0.25, -0.2) is 4.79 Å². The van der Waals surface area contributed by atoms with E-state index < -0.39 is 0 Å². The van der Waals surface area contributed by atoms with Crippen molar-refractivity contribution < 1.29 is 14.3 Å². The van der Waals surface area contributed by atoms with Crippen molar-refractivity contribution in [2.24, 2.45) is 0 Å². The highest BCUT2D eigenvalue weighted by molar-refractivity contribution is 5.92. The van der Waals surface area contributed by atoms with Gasteiger partial charge in [-0.05, 0) is 32.9 Å². The SMILES string of the molecule is COc1ccccc1NC(=O)NC1CC(=O)N(C(C)(C)C)C1. The summed E-state index contributed by atoms with van der Waals surface area (Å²) in [6.45, 7) is 6.49. The Balaban J connectivity index is 1.95. The highest BCUT2D eigenvalue weighted by atomic mass is 16.5. The van der Waals surface area contributed by atoms with Crippen LogP contribution in [0.5, 0.6) is 5.75 Å². The third-order valence-electron chi connectivity index (χ3n) is 3.63. The molecule has 1 saturated heterocycles. The second-order valence-corrected chi connectivity index (χ2v) is 6.37.